The van der Waals surface area contributed by atoms with Gasteiger partial charge in [0.1, 0.15) is 11.6 Å². The fourth-order valence-electron chi connectivity index (χ4n) is 3.72. The van der Waals surface area contributed by atoms with Crippen LogP contribution in [0.5, 0.6) is 0 Å². The lowest BCUT2D eigenvalue weighted by atomic mass is 9.90. The van der Waals surface area contributed by atoms with Gasteiger partial charge in [-0.15, -0.1) is 0 Å². The molecular formula is C21H20ClF2N3. The highest BCUT2D eigenvalue weighted by Gasteiger charge is 2.21. The Kier molecular flexibility index (Phi) is 5.12. The summed E-state index contributed by atoms with van der Waals surface area (Å²) in [7, 11) is 0. The summed E-state index contributed by atoms with van der Waals surface area (Å²) in [4.78, 5) is 4.37. The van der Waals surface area contributed by atoms with Gasteiger partial charge in [0.05, 0.1) is 5.52 Å². The lowest BCUT2D eigenvalue weighted by Gasteiger charge is -2.31. The average molecular weight is 388 g/mol. The zero-order valence-corrected chi connectivity index (χ0v) is 15.4. The minimum absolute atomic E-state index is 0.220. The fraction of sp³-hybridized carbons (Fsp3) is 0.286. The number of nitrogens with zero attached hydrogens (tertiary/aromatic N) is 1. The van der Waals surface area contributed by atoms with E-state index in [4.69, 9.17) is 11.6 Å². The van der Waals surface area contributed by atoms with Crippen molar-refractivity contribution in [1.29, 1.82) is 0 Å². The van der Waals surface area contributed by atoms with Crippen molar-refractivity contribution >= 4 is 33.9 Å². The molecule has 4 rings (SSSR count). The summed E-state index contributed by atoms with van der Waals surface area (Å²) in [6.07, 6.45) is 5.61. The largest absolute Gasteiger partial charge is 0.382 e. The Bertz CT molecular complexity index is 935. The Hall–Kier alpha value is -2.40. The van der Waals surface area contributed by atoms with Crippen LogP contribution < -0.4 is 10.6 Å². The van der Waals surface area contributed by atoms with Crippen LogP contribution in [0.1, 0.15) is 25.7 Å². The number of benzene rings is 2. The van der Waals surface area contributed by atoms with Crippen LogP contribution in [0.25, 0.3) is 10.9 Å². The van der Waals surface area contributed by atoms with E-state index in [1.54, 1.807) is 6.20 Å². The number of pyridine rings is 1. The number of aromatic nitrogens is 1. The monoisotopic (exact) mass is 387 g/mol. The molecule has 0 atom stereocenters. The van der Waals surface area contributed by atoms with Gasteiger partial charge in [-0.3, -0.25) is 4.98 Å². The van der Waals surface area contributed by atoms with Gasteiger partial charge >= 0.3 is 0 Å². The topological polar surface area (TPSA) is 37.0 Å². The van der Waals surface area contributed by atoms with Crippen molar-refractivity contribution in [2.45, 2.75) is 37.8 Å². The van der Waals surface area contributed by atoms with Gasteiger partial charge in [0, 0.05) is 46.1 Å². The van der Waals surface area contributed by atoms with Crippen LogP contribution >= 0.6 is 11.6 Å². The Labute approximate surface area is 161 Å². The van der Waals surface area contributed by atoms with E-state index in [1.165, 1.54) is 12.1 Å². The van der Waals surface area contributed by atoms with Crippen molar-refractivity contribution in [1.82, 2.24) is 4.98 Å². The van der Waals surface area contributed by atoms with E-state index in [9.17, 15) is 8.78 Å². The average Bonchev–Trinajstić information content (AvgIpc) is 2.62. The van der Waals surface area contributed by atoms with Crippen molar-refractivity contribution in [3.63, 3.8) is 0 Å². The van der Waals surface area contributed by atoms with Crippen LogP contribution in [-0.2, 0) is 0 Å². The Balaban J connectivity index is 1.38. The first-order valence-corrected chi connectivity index (χ1v) is 9.48. The molecule has 2 N–H and O–H groups in total. The van der Waals surface area contributed by atoms with Gasteiger partial charge in [-0.25, -0.2) is 8.78 Å². The second kappa shape index (κ2) is 7.69. The van der Waals surface area contributed by atoms with E-state index in [0.29, 0.717) is 16.8 Å². The van der Waals surface area contributed by atoms with E-state index in [-0.39, 0.29) is 6.04 Å². The molecule has 1 fully saturated rings. The number of fused-ring (bicyclic) bond motifs is 1. The number of hydrogen-bond acceptors (Lipinski definition) is 3. The third kappa shape index (κ3) is 4.30. The summed E-state index contributed by atoms with van der Waals surface area (Å²) >= 11 is 6.05. The molecule has 1 aromatic heterocycles. The van der Waals surface area contributed by atoms with E-state index < -0.39 is 11.6 Å². The molecule has 0 spiro atoms. The SMILES string of the molecule is Fc1cc(F)cc(NC2CCC(Nc3ccnc4cc(Cl)ccc34)CC2)c1. The van der Waals surface area contributed by atoms with Crippen LogP contribution in [0.15, 0.2) is 48.7 Å². The summed E-state index contributed by atoms with van der Waals surface area (Å²) in [5.74, 6) is -1.12. The molecule has 0 radical (unpaired) electrons. The summed E-state index contributed by atoms with van der Waals surface area (Å²) < 4.78 is 26.7. The van der Waals surface area contributed by atoms with E-state index in [2.05, 4.69) is 15.6 Å². The van der Waals surface area contributed by atoms with Crippen LogP contribution in [0.4, 0.5) is 20.2 Å². The molecule has 3 nitrogen and oxygen atoms in total. The first-order valence-electron chi connectivity index (χ1n) is 9.10. The third-order valence-corrected chi connectivity index (χ3v) is 5.26. The molecule has 1 aliphatic rings. The molecular weight excluding hydrogens is 368 g/mol. The number of nitrogens with one attached hydrogen (secondary N) is 2. The van der Waals surface area contributed by atoms with Gasteiger partial charge in [0.25, 0.3) is 0 Å². The summed E-state index contributed by atoms with van der Waals surface area (Å²) in [6, 6.07) is 11.8. The fourth-order valence-corrected chi connectivity index (χ4v) is 3.89. The van der Waals surface area contributed by atoms with Crippen molar-refractivity contribution in [3.8, 4) is 0 Å². The highest BCUT2D eigenvalue weighted by atomic mass is 35.5. The molecule has 6 heteroatoms. The molecule has 3 aromatic rings. The third-order valence-electron chi connectivity index (χ3n) is 5.02. The maximum atomic E-state index is 13.3. The van der Waals surface area contributed by atoms with Crippen molar-refractivity contribution in [2.24, 2.45) is 0 Å². The molecule has 0 aliphatic heterocycles. The van der Waals surface area contributed by atoms with Gasteiger partial charge in [-0.1, -0.05) is 11.6 Å². The Morgan fingerprint density at radius 3 is 2.22 bits per heavy atom. The summed E-state index contributed by atoms with van der Waals surface area (Å²) in [5.41, 5.74) is 2.43. The maximum absolute atomic E-state index is 13.3. The summed E-state index contributed by atoms with van der Waals surface area (Å²) in [5, 5.41) is 8.59. The zero-order chi connectivity index (χ0) is 18.8. The van der Waals surface area contributed by atoms with Gasteiger partial charge in [-0.05, 0) is 62.1 Å². The molecule has 1 aliphatic carbocycles. The second-order valence-corrected chi connectivity index (χ2v) is 7.45. The van der Waals surface area contributed by atoms with Crippen LogP contribution in [0, 0.1) is 11.6 Å². The molecule has 0 saturated heterocycles. The van der Waals surface area contributed by atoms with E-state index >= 15 is 0 Å². The predicted octanol–water partition coefficient (Wildman–Crippen LogP) is 6.00. The normalized spacial score (nSPS) is 19.8. The maximum Gasteiger partial charge on any atom is 0.128 e. The van der Waals surface area contributed by atoms with Gasteiger partial charge in [0.2, 0.25) is 0 Å². The first kappa shape index (κ1) is 18.0. The highest BCUT2D eigenvalue weighted by molar-refractivity contribution is 6.31. The standard InChI is InChI=1S/C21H20ClF2N3/c22-13-1-6-19-20(7-8-25-21(19)9-13)27-17-4-2-16(3-5-17)26-18-11-14(23)10-15(24)12-18/h1,6-12,16-17,26H,2-5H2,(H,25,27). The zero-order valence-electron chi connectivity index (χ0n) is 14.7. The van der Waals surface area contributed by atoms with Crippen molar-refractivity contribution < 1.29 is 8.78 Å². The quantitative estimate of drug-likeness (QED) is 0.576. The molecule has 0 amide bonds. The highest BCUT2D eigenvalue weighted by Crippen LogP contribution is 2.29. The Morgan fingerprint density at radius 1 is 0.852 bits per heavy atom. The van der Waals surface area contributed by atoms with Gasteiger partial charge in [-0.2, -0.15) is 0 Å². The molecule has 0 bridgehead atoms. The molecule has 140 valence electrons. The molecule has 0 unspecified atom stereocenters. The predicted molar refractivity (Wildman–Crippen MR) is 106 cm³/mol. The molecule has 1 saturated carbocycles. The van der Waals surface area contributed by atoms with E-state index in [0.717, 1.165) is 48.3 Å². The second-order valence-electron chi connectivity index (χ2n) is 7.02. The lowest BCUT2D eigenvalue weighted by Crippen LogP contribution is -2.32. The van der Waals surface area contributed by atoms with Gasteiger partial charge < -0.3 is 10.6 Å². The van der Waals surface area contributed by atoms with Crippen molar-refractivity contribution in [3.05, 3.63) is 65.3 Å². The molecule has 27 heavy (non-hydrogen) atoms. The number of halogens is 3. The minimum Gasteiger partial charge on any atom is -0.382 e. The lowest BCUT2D eigenvalue weighted by molar-refractivity contribution is 0.429. The van der Waals surface area contributed by atoms with Crippen LogP contribution in [0.3, 0.4) is 0 Å². The number of hydrogen-bond donors (Lipinski definition) is 2. The van der Waals surface area contributed by atoms with Crippen molar-refractivity contribution in [2.75, 3.05) is 10.6 Å². The summed E-state index contributed by atoms with van der Waals surface area (Å²) in [6.45, 7) is 0. The minimum atomic E-state index is -0.558. The van der Waals surface area contributed by atoms with Crippen LogP contribution in [-0.4, -0.2) is 17.1 Å². The van der Waals surface area contributed by atoms with Crippen LogP contribution in [0.2, 0.25) is 5.02 Å². The number of anilines is 2. The number of rotatable bonds is 4. The van der Waals surface area contributed by atoms with E-state index in [1.807, 2.05) is 24.3 Å². The first-order chi connectivity index (χ1) is 13.1. The molecule has 1 heterocycles. The smallest absolute Gasteiger partial charge is 0.128 e. The Morgan fingerprint density at radius 2 is 1.52 bits per heavy atom. The van der Waals surface area contributed by atoms with Gasteiger partial charge in [0.15, 0.2) is 0 Å². The molecule has 2 aromatic carbocycles.